The Hall–Kier alpha value is -4.13. The molecule has 3 aliphatic carbocycles. The number of phenols is 1. The van der Waals surface area contributed by atoms with E-state index in [1.807, 2.05) is 0 Å². The zero-order valence-corrected chi connectivity index (χ0v) is 22.8. The third-order valence-corrected chi connectivity index (χ3v) is 8.82. The molecule has 1 amide bonds. The van der Waals surface area contributed by atoms with Crippen LogP contribution in [0.2, 0.25) is 0 Å². The van der Waals surface area contributed by atoms with Gasteiger partial charge in [-0.05, 0) is 73.7 Å². The first-order valence-corrected chi connectivity index (χ1v) is 13.2. The number of benzene rings is 2. The summed E-state index contributed by atoms with van der Waals surface area (Å²) in [6.07, 6.45) is 1.05. The molecule has 2 aromatic carbocycles. The number of likely N-dealkylation sites (N-methyl/N-ethyl adjacent to an activating group) is 1. The molecule has 0 aromatic heterocycles. The van der Waals surface area contributed by atoms with Crippen LogP contribution < -0.4 is 11.5 Å². The molecule has 8 N–H and O–H groups in total. The number of hydrogen-bond donors (Lipinski definition) is 6. The minimum absolute atomic E-state index is 0.0160. The maximum atomic E-state index is 14.3. The van der Waals surface area contributed by atoms with Crippen molar-refractivity contribution in [2.24, 2.45) is 29.2 Å². The Balaban J connectivity index is 1.78. The van der Waals surface area contributed by atoms with Crippen molar-refractivity contribution < 1.29 is 43.2 Å². The van der Waals surface area contributed by atoms with E-state index in [4.69, 9.17) is 11.5 Å². The SMILES string of the molecule is C=C[C@]1(O)C(C(N)=O)=C(O)[C@@H](N(C)C)C2CC3Cc4c(-c5cc(F)c(F)c(F)c5)cc(CN)c(O)c4C(=O)C3=C(O)C21. The van der Waals surface area contributed by atoms with Crippen molar-refractivity contribution >= 4 is 11.7 Å². The summed E-state index contributed by atoms with van der Waals surface area (Å²) in [6.45, 7) is 3.34. The Labute approximate surface area is 238 Å². The van der Waals surface area contributed by atoms with E-state index in [9.17, 15) is 43.2 Å². The molecule has 0 spiro atoms. The van der Waals surface area contributed by atoms with Gasteiger partial charge < -0.3 is 31.9 Å². The minimum Gasteiger partial charge on any atom is -0.511 e. The van der Waals surface area contributed by atoms with Gasteiger partial charge in [0.2, 0.25) is 0 Å². The lowest BCUT2D eigenvalue weighted by Crippen LogP contribution is -2.59. The molecule has 42 heavy (non-hydrogen) atoms. The Morgan fingerprint density at radius 2 is 1.76 bits per heavy atom. The topological polar surface area (TPSA) is 170 Å². The largest absolute Gasteiger partial charge is 0.511 e. The molecule has 0 saturated heterocycles. The number of aromatic hydroxyl groups is 1. The van der Waals surface area contributed by atoms with E-state index in [1.54, 1.807) is 19.0 Å². The van der Waals surface area contributed by atoms with Crippen molar-refractivity contribution in [3.05, 3.63) is 87.7 Å². The number of fused-ring (bicyclic) bond motifs is 3. The summed E-state index contributed by atoms with van der Waals surface area (Å²) in [5.74, 6) is -10.9. The lowest BCUT2D eigenvalue weighted by molar-refractivity contribution is -0.119. The van der Waals surface area contributed by atoms with Gasteiger partial charge >= 0.3 is 0 Å². The number of nitrogens with two attached hydrogens (primary N) is 2. The number of amides is 1. The fourth-order valence-corrected chi connectivity index (χ4v) is 7.12. The summed E-state index contributed by atoms with van der Waals surface area (Å²) in [6, 6.07) is 2.01. The highest BCUT2D eigenvalue weighted by Gasteiger charge is 2.60. The number of aliphatic hydroxyl groups excluding tert-OH is 2. The van der Waals surface area contributed by atoms with Gasteiger partial charge in [-0.2, -0.15) is 0 Å². The number of aliphatic hydroxyl groups is 3. The van der Waals surface area contributed by atoms with Crippen LogP contribution in [-0.2, 0) is 17.8 Å². The lowest BCUT2D eigenvalue weighted by Gasteiger charge is -2.52. The van der Waals surface area contributed by atoms with Crippen molar-refractivity contribution in [3.63, 3.8) is 0 Å². The van der Waals surface area contributed by atoms with Crippen molar-refractivity contribution in [2.75, 3.05) is 14.1 Å². The Kier molecular flexibility index (Phi) is 6.99. The van der Waals surface area contributed by atoms with Crippen molar-refractivity contribution in [1.29, 1.82) is 0 Å². The van der Waals surface area contributed by atoms with Gasteiger partial charge in [0.15, 0.2) is 23.2 Å². The van der Waals surface area contributed by atoms with Gasteiger partial charge in [-0.3, -0.25) is 14.5 Å². The molecule has 0 fully saturated rings. The predicted molar refractivity (Wildman–Crippen MR) is 146 cm³/mol. The number of rotatable bonds is 5. The summed E-state index contributed by atoms with van der Waals surface area (Å²) in [4.78, 5) is 28.1. The molecule has 222 valence electrons. The van der Waals surface area contributed by atoms with Gasteiger partial charge in [0.05, 0.1) is 23.1 Å². The maximum Gasteiger partial charge on any atom is 0.251 e. The average molecular weight is 586 g/mol. The summed E-state index contributed by atoms with van der Waals surface area (Å²) >= 11 is 0. The van der Waals surface area contributed by atoms with Crippen LogP contribution in [0.25, 0.3) is 11.1 Å². The number of ketones is 1. The van der Waals surface area contributed by atoms with Crippen LogP contribution in [0.15, 0.2) is 53.5 Å². The van der Waals surface area contributed by atoms with Gasteiger partial charge in [0.25, 0.3) is 5.91 Å². The molecular formula is C30H30F3N3O6. The second kappa shape index (κ2) is 10.0. The monoisotopic (exact) mass is 585 g/mol. The van der Waals surface area contributed by atoms with Crippen LogP contribution in [0.5, 0.6) is 5.75 Å². The maximum absolute atomic E-state index is 14.3. The number of allylic oxidation sites excluding steroid dienone is 1. The molecule has 0 heterocycles. The second-order valence-corrected chi connectivity index (χ2v) is 11.2. The smallest absolute Gasteiger partial charge is 0.251 e. The number of halogens is 3. The lowest BCUT2D eigenvalue weighted by atomic mass is 9.56. The number of nitrogens with zero attached hydrogens (tertiary/aromatic N) is 1. The quantitative estimate of drug-likeness (QED) is 0.230. The minimum atomic E-state index is -2.34. The van der Waals surface area contributed by atoms with Crippen LogP contribution in [-0.4, -0.2) is 62.8 Å². The summed E-state index contributed by atoms with van der Waals surface area (Å²) in [5.41, 5.74) is 8.35. The van der Waals surface area contributed by atoms with Gasteiger partial charge in [-0.1, -0.05) is 12.7 Å². The molecule has 5 atom stereocenters. The van der Waals surface area contributed by atoms with Crippen molar-refractivity contribution in [2.45, 2.75) is 31.0 Å². The molecule has 3 aliphatic rings. The fraction of sp³-hybridized carbons (Fsp3) is 0.333. The highest BCUT2D eigenvalue weighted by atomic mass is 19.2. The normalized spacial score (nSPS) is 27.1. The molecule has 9 nitrogen and oxygen atoms in total. The molecular weight excluding hydrogens is 555 g/mol. The van der Waals surface area contributed by atoms with Crippen LogP contribution in [0, 0.1) is 35.2 Å². The van der Waals surface area contributed by atoms with Crippen molar-refractivity contribution in [1.82, 2.24) is 4.90 Å². The summed E-state index contributed by atoms with van der Waals surface area (Å²) in [7, 11) is 3.24. The van der Waals surface area contributed by atoms with Gasteiger partial charge in [-0.15, -0.1) is 0 Å². The molecule has 2 aromatic rings. The number of hydrogen-bond acceptors (Lipinski definition) is 8. The first kappa shape index (κ1) is 29.4. The predicted octanol–water partition coefficient (Wildman–Crippen LogP) is 2.90. The molecule has 0 radical (unpaired) electrons. The Bertz CT molecular complexity index is 1610. The molecule has 0 aliphatic heterocycles. The van der Waals surface area contributed by atoms with Crippen LogP contribution in [0.4, 0.5) is 13.2 Å². The molecule has 5 rings (SSSR count). The van der Waals surface area contributed by atoms with Crippen LogP contribution in [0.1, 0.15) is 27.9 Å². The third-order valence-electron chi connectivity index (χ3n) is 8.82. The van der Waals surface area contributed by atoms with Gasteiger partial charge in [0, 0.05) is 17.7 Å². The number of primary amides is 1. The van der Waals surface area contributed by atoms with E-state index in [-0.39, 0.29) is 52.8 Å². The van der Waals surface area contributed by atoms with Crippen LogP contribution >= 0.6 is 0 Å². The fourth-order valence-electron chi connectivity index (χ4n) is 7.12. The first-order valence-electron chi connectivity index (χ1n) is 13.2. The summed E-state index contributed by atoms with van der Waals surface area (Å²) in [5, 5.41) is 45.6. The molecule has 3 unspecified atom stereocenters. The van der Waals surface area contributed by atoms with E-state index in [1.165, 1.54) is 6.07 Å². The standard InChI is InChI=1S/C30H30F3N3O6/c1-4-30(42)21-16(24(36(2)3)28(40)22(30)29(35)41)6-12-5-15-14(11-8-17(31)23(33)18(32)9-11)7-13(10-34)25(37)20(15)26(38)19(12)27(21)39/h4,7-9,12,16,21,24,37,39-40,42H,1,5-6,10,34H2,2-3H3,(H2,35,41)/t12?,16?,21?,24-,30+/m0/s1. The zero-order chi connectivity index (χ0) is 31.0. The number of phenolic OH excluding ortho intramolecular Hbond substituents is 1. The van der Waals surface area contributed by atoms with E-state index in [2.05, 4.69) is 6.58 Å². The van der Waals surface area contributed by atoms with E-state index in [0.717, 1.165) is 18.2 Å². The molecule has 12 heteroatoms. The second-order valence-electron chi connectivity index (χ2n) is 11.2. The van der Waals surface area contributed by atoms with Crippen LogP contribution in [0.3, 0.4) is 0 Å². The Morgan fingerprint density at radius 3 is 2.29 bits per heavy atom. The molecule has 0 saturated carbocycles. The number of Topliss-reactive ketones (excluding diaryl/α,β-unsaturated/α-hetero) is 1. The first-order chi connectivity index (χ1) is 19.7. The number of carbonyl (C=O) groups is 2. The Morgan fingerprint density at radius 1 is 1.14 bits per heavy atom. The van der Waals surface area contributed by atoms with E-state index in [0.29, 0.717) is 0 Å². The average Bonchev–Trinajstić information content (AvgIpc) is 2.90. The summed E-state index contributed by atoms with van der Waals surface area (Å²) < 4.78 is 42.3. The highest BCUT2D eigenvalue weighted by molar-refractivity contribution is 6.14. The number of carbonyl (C=O) groups excluding carboxylic acids is 2. The third kappa shape index (κ3) is 3.97. The zero-order valence-electron chi connectivity index (χ0n) is 22.8. The van der Waals surface area contributed by atoms with E-state index >= 15 is 0 Å². The van der Waals surface area contributed by atoms with Crippen molar-refractivity contribution in [3.8, 4) is 16.9 Å². The van der Waals surface area contributed by atoms with Gasteiger partial charge in [-0.25, -0.2) is 13.2 Å². The van der Waals surface area contributed by atoms with Gasteiger partial charge in [0.1, 0.15) is 22.9 Å². The van der Waals surface area contributed by atoms with E-state index < -0.39 is 81.4 Å². The highest BCUT2D eigenvalue weighted by Crippen LogP contribution is 2.55. The molecule has 0 bridgehead atoms.